The highest BCUT2D eigenvalue weighted by molar-refractivity contribution is 6.30. The lowest BCUT2D eigenvalue weighted by Crippen LogP contribution is -2.36. The third-order valence-electron chi connectivity index (χ3n) is 1.46. The molecule has 0 aliphatic heterocycles. The molecule has 0 aliphatic rings. The quantitative estimate of drug-likeness (QED) is 0.713. The lowest BCUT2D eigenvalue weighted by molar-refractivity contribution is -0.205. The molecule has 0 bridgehead atoms. The SMILES string of the molecule is CC(Cl)C(=O)NCCC(O)C(F)(F)F. The Balaban J connectivity index is 3.70. The second kappa shape index (κ2) is 5.41. The van der Waals surface area contributed by atoms with Crippen LogP contribution < -0.4 is 5.32 Å². The number of hydrogen-bond acceptors (Lipinski definition) is 2. The number of carbonyl (C=O) groups excluding carboxylic acids is 1. The predicted octanol–water partition coefficient (Wildman–Crippen LogP) is 1.04. The van der Waals surface area contributed by atoms with Crippen LogP contribution in [0.1, 0.15) is 13.3 Å². The largest absolute Gasteiger partial charge is 0.414 e. The molecule has 0 saturated carbocycles. The molecule has 7 heteroatoms. The van der Waals surface area contributed by atoms with E-state index in [1.807, 2.05) is 0 Å². The molecule has 0 aliphatic carbocycles. The summed E-state index contributed by atoms with van der Waals surface area (Å²) >= 11 is 5.34. The van der Waals surface area contributed by atoms with E-state index in [0.29, 0.717) is 0 Å². The average molecular weight is 234 g/mol. The average Bonchev–Trinajstić information content (AvgIpc) is 2.01. The third kappa shape index (κ3) is 5.29. The molecule has 0 radical (unpaired) electrons. The number of aliphatic hydroxyl groups excluding tert-OH is 1. The smallest absolute Gasteiger partial charge is 0.384 e. The van der Waals surface area contributed by atoms with E-state index in [0.717, 1.165) is 0 Å². The molecule has 0 aromatic carbocycles. The van der Waals surface area contributed by atoms with Crippen LogP contribution in [0.15, 0.2) is 0 Å². The van der Waals surface area contributed by atoms with Crippen molar-refractivity contribution in [2.75, 3.05) is 6.54 Å². The molecule has 0 saturated heterocycles. The Morgan fingerprint density at radius 2 is 2.07 bits per heavy atom. The molecule has 2 unspecified atom stereocenters. The van der Waals surface area contributed by atoms with Gasteiger partial charge in [0.1, 0.15) is 5.38 Å². The van der Waals surface area contributed by atoms with Gasteiger partial charge in [0.15, 0.2) is 6.10 Å². The van der Waals surface area contributed by atoms with E-state index in [-0.39, 0.29) is 6.54 Å². The first-order valence-corrected chi connectivity index (χ1v) is 4.35. The fourth-order valence-corrected chi connectivity index (χ4v) is 0.714. The Hall–Kier alpha value is -0.490. The highest BCUT2D eigenvalue weighted by atomic mass is 35.5. The number of carbonyl (C=O) groups is 1. The number of nitrogens with one attached hydrogen (secondary N) is 1. The van der Waals surface area contributed by atoms with Gasteiger partial charge >= 0.3 is 6.18 Å². The molecule has 1 amide bonds. The molecule has 0 rings (SSSR count). The summed E-state index contributed by atoms with van der Waals surface area (Å²) in [5.41, 5.74) is 0. The maximum Gasteiger partial charge on any atom is 0.414 e. The van der Waals surface area contributed by atoms with Crippen LogP contribution in [0.25, 0.3) is 0 Å². The van der Waals surface area contributed by atoms with Gasteiger partial charge in [-0.25, -0.2) is 0 Å². The zero-order valence-corrected chi connectivity index (χ0v) is 8.19. The van der Waals surface area contributed by atoms with Gasteiger partial charge in [0.05, 0.1) is 0 Å². The molecule has 0 aromatic rings. The van der Waals surface area contributed by atoms with Crippen molar-refractivity contribution < 1.29 is 23.1 Å². The van der Waals surface area contributed by atoms with Crippen molar-refractivity contribution in [1.82, 2.24) is 5.32 Å². The van der Waals surface area contributed by atoms with Crippen molar-refractivity contribution in [1.29, 1.82) is 0 Å². The monoisotopic (exact) mass is 233 g/mol. The Kier molecular flexibility index (Phi) is 5.22. The van der Waals surface area contributed by atoms with Crippen LogP contribution in [0.4, 0.5) is 13.2 Å². The number of amides is 1. The molecule has 3 nitrogen and oxygen atoms in total. The van der Waals surface area contributed by atoms with Crippen molar-refractivity contribution in [3.63, 3.8) is 0 Å². The van der Waals surface area contributed by atoms with Crippen LogP contribution in [0.5, 0.6) is 0 Å². The summed E-state index contributed by atoms with van der Waals surface area (Å²) in [7, 11) is 0. The van der Waals surface area contributed by atoms with Crippen molar-refractivity contribution in [2.24, 2.45) is 0 Å². The number of hydrogen-bond donors (Lipinski definition) is 2. The van der Waals surface area contributed by atoms with Crippen LogP contribution in [0.3, 0.4) is 0 Å². The van der Waals surface area contributed by atoms with E-state index in [1.165, 1.54) is 6.92 Å². The normalized spacial score (nSPS) is 16.1. The molecule has 14 heavy (non-hydrogen) atoms. The van der Waals surface area contributed by atoms with Crippen LogP contribution in [0, 0.1) is 0 Å². The zero-order chi connectivity index (χ0) is 11.4. The van der Waals surface area contributed by atoms with Crippen LogP contribution in [0.2, 0.25) is 0 Å². The summed E-state index contributed by atoms with van der Waals surface area (Å²) in [5.74, 6) is -0.555. The van der Waals surface area contributed by atoms with Crippen LogP contribution >= 0.6 is 11.6 Å². The molecule has 0 heterocycles. The van der Waals surface area contributed by atoms with E-state index in [1.54, 1.807) is 0 Å². The summed E-state index contributed by atoms with van der Waals surface area (Å²) in [4.78, 5) is 10.8. The molecule has 84 valence electrons. The molecule has 0 spiro atoms. The lowest BCUT2D eigenvalue weighted by atomic mass is 10.2. The molecular formula is C7H11ClF3NO2. The van der Waals surface area contributed by atoms with Gasteiger partial charge in [-0.2, -0.15) is 13.2 Å². The number of halogens is 4. The maximum atomic E-state index is 11.7. The van der Waals surface area contributed by atoms with E-state index in [2.05, 4.69) is 5.32 Å². The van der Waals surface area contributed by atoms with Gasteiger partial charge < -0.3 is 10.4 Å². The second-order valence-electron chi connectivity index (χ2n) is 2.75. The minimum absolute atomic E-state index is 0.253. The first-order chi connectivity index (χ1) is 6.25. The maximum absolute atomic E-state index is 11.7. The van der Waals surface area contributed by atoms with Gasteiger partial charge in [0.25, 0.3) is 0 Å². The first kappa shape index (κ1) is 13.5. The summed E-state index contributed by atoms with van der Waals surface area (Å²) in [5, 5.41) is 9.89. The molecule has 2 atom stereocenters. The van der Waals surface area contributed by atoms with Gasteiger partial charge in [0.2, 0.25) is 5.91 Å². The third-order valence-corrected chi connectivity index (χ3v) is 1.65. The summed E-state index contributed by atoms with van der Waals surface area (Å²) in [6, 6.07) is 0. The Bertz CT molecular complexity index is 196. The summed E-state index contributed by atoms with van der Waals surface area (Å²) in [6.07, 6.45) is -7.62. The van der Waals surface area contributed by atoms with E-state index >= 15 is 0 Å². The molecular weight excluding hydrogens is 223 g/mol. The van der Waals surface area contributed by atoms with Crippen LogP contribution in [-0.4, -0.2) is 35.2 Å². The lowest BCUT2D eigenvalue weighted by Gasteiger charge is -2.14. The fourth-order valence-electron chi connectivity index (χ4n) is 0.636. The van der Waals surface area contributed by atoms with Crippen molar-refractivity contribution in [3.05, 3.63) is 0 Å². The molecule has 0 aromatic heterocycles. The summed E-state index contributed by atoms with van der Waals surface area (Å²) in [6.45, 7) is 1.15. The highest BCUT2D eigenvalue weighted by Gasteiger charge is 2.37. The van der Waals surface area contributed by atoms with E-state index in [9.17, 15) is 18.0 Å². The number of rotatable bonds is 4. The fraction of sp³-hybridized carbons (Fsp3) is 0.857. The predicted molar refractivity (Wildman–Crippen MR) is 45.0 cm³/mol. The number of alkyl halides is 4. The van der Waals surface area contributed by atoms with E-state index in [4.69, 9.17) is 16.7 Å². The van der Waals surface area contributed by atoms with Crippen molar-refractivity contribution >= 4 is 17.5 Å². The zero-order valence-electron chi connectivity index (χ0n) is 7.44. The highest BCUT2D eigenvalue weighted by Crippen LogP contribution is 2.21. The summed E-state index contributed by atoms with van der Waals surface area (Å²) < 4.78 is 35.2. The van der Waals surface area contributed by atoms with Gasteiger partial charge in [-0.1, -0.05) is 0 Å². The standard InChI is InChI=1S/C7H11ClF3NO2/c1-4(8)6(14)12-3-2-5(13)7(9,10)11/h4-5,13H,2-3H2,1H3,(H,12,14). The minimum atomic E-state index is -4.64. The minimum Gasteiger partial charge on any atom is -0.384 e. The van der Waals surface area contributed by atoms with Crippen molar-refractivity contribution in [3.8, 4) is 0 Å². The number of aliphatic hydroxyl groups is 1. The van der Waals surface area contributed by atoms with Gasteiger partial charge in [0, 0.05) is 6.54 Å². The van der Waals surface area contributed by atoms with Gasteiger partial charge in [-0.15, -0.1) is 11.6 Å². The first-order valence-electron chi connectivity index (χ1n) is 3.91. The van der Waals surface area contributed by atoms with E-state index < -0.39 is 30.0 Å². The van der Waals surface area contributed by atoms with Gasteiger partial charge in [-0.3, -0.25) is 4.79 Å². The Labute approximate surface area is 84.2 Å². The Morgan fingerprint density at radius 3 is 2.43 bits per heavy atom. The molecule has 2 N–H and O–H groups in total. The van der Waals surface area contributed by atoms with Crippen molar-refractivity contribution in [2.45, 2.75) is 31.0 Å². The molecule has 0 fully saturated rings. The topological polar surface area (TPSA) is 49.3 Å². The Morgan fingerprint density at radius 1 is 1.57 bits per heavy atom. The second-order valence-corrected chi connectivity index (χ2v) is 3.41. The van der Waals surface area contributed by atoms with Gasteiger partial charge in [-0.05, 0) is 13.3 Å². The van der Waals surface area contributed by atoms with Crippen LogP contribution in [-0.2, 0) is 4.79 Å².